The number of amides is 2. The van der Waals surface area contributed by atoms with Crippen molar-refractivity contribution in [3.8, 4) is 0 Å². The van der Waals surface area contributed by atoms with Gasteiger partial charge in [0.15, 0.2) is 0 Å². The van der Waals surface area contributed by atoms with Crippen molar-refractivity contribution in [1.29, 1.82) is 0 Å². The lowest BCUT2D eigenvalue weighted by atomic mass is 9.87. The maximum Gasteiger partial charge on any atom is 0.236 e. The van der Waals surface area contributed by atoms with Crippen LogP contribution in [0.3, 0.4) is 0 Å². The average molecular weight is 295 g/mol. The van der Waals surface area contributed by atoms with Crippen LogP contribution in [0.4, 0.5) is 0 Å². The van der Waals surface area contributed by atoms with E-state index in [0.29, 0.717) is 19.1 Å². The number of likely N-dealkylation sites (N-methyl/N-ethyl adjacent to an activating group) is 1. The first kappa shape index (κ1) is 16.3. The van der Waals surface area contributed by atoms with E-state index in [1.165, 1.54) is 25.7 Å². The third kappa shape index (κ3) is 4.43. The summed E-state index contributed by atoms with van der Waals surface area (Å²) in [7, 11) is 2.05. The fraction of sp³-hybridized carbons (Fsp3) is 0.875. The van der Waals surface area contributed by atoms with Crippen LogP contribution in [0.25, 0.3) is 0 Å². The van der Waals surface area contributed by atoms with Crippen molar-refractivity contribution in [1.82, 2.24) is 9.80 Å². The Morgan fingerprint density at radius 2 is 1.86 bits per heavy atom. The molecule has 1 unspecified atom stereocenters. The molecule has 2 rings (SSSR count). The second-order valence-corrected chi connectivity index (χ2v) is 6.91. The number of carbonyl (C=O) groups excluding carboxylic acids is 2. The Balaban J connectivity index is 1.81. The zero-order chi connectivity index (χ0) is 15.4. The van der Waals surface area contributed by atoms with Crippen LogP contribution in [0.2, 0.25) is 0 Å². The van der Waals surface area contributed by atoms with Crippen molar-refractivity contribution in [2.24, 2.45) is 17.6 Å². The molecule has 2 N–H and O–H groups in total. The molecule has 1 atom stereocenters. The van der Waals surface area contributed by atoms with Crippen LogP contribution in [0.5, 0.6) is 0 Å². The third-order valence-corrected chi connectivity index (χ3v) is 5.17. The van der Waals surface area contributed by atoms with E-state index in [1.54, 1.807) is 0 Å². The van der Waals surface area contributed by atoms with E-state index in [2.05, 4.69) is 11.8 Å². The zero-order valence-electron chi connectivity index (χ0n) is 13.4. The van der Waals surface area contributed by atoms with Gasteiger partial charge in [0.25, 0.3) is 0 Å². The maximum atomic E-state index is 12.4. The van der Waals surface area contributed by atoms with E-state index in [1.807, 2.05) is 11.9 Å². The standard InChI is InChI=1S/C16H29N3O2/c1-12-5-7-14(8-6-12)18(2)11-15(20)19-9-3-4-13(10-19)16(17)21/h12-14H,3-11H2,1-2H3,(H2,17,21). The zero-order valence-corrected chi connectivity index (χ0v) is 13.4. The minimum absolute atomic E-state index is 0.141. The van der Waals surface area contributed by atoms with Crippen molar-refractivity contribution in [2.75, 3.05) is 26.7 Å². The highest BCUT2D eigenvalue weighted by Crippen LogP contribution is 2.26. The minimum atomic E-state index is -0.276. The SMILES string of the molecule is CC1CCC(N(C)CC(=O)N2CCCC(C(N)=O)C2)CC1. The molecule has 2 aliphatic rings. The molecule has 0 aromatic heterocycles. The lowest BCUT2D eigenvalue weighted by molar-refractivity contribution is -0.136. The van der Waals surface area contributed by atoms with Gasteiger partial charge in [0, 0.05) is 19.1 Å². The Bertz CT molecular complexity index is 378. The van der Waals surface area contributed by atoms with Gasteiger partial charge < -0.3 is 10.6 Å². The predicted octanol–water partition coefficient (Wildman–Crippen LogP) is 1.22. The van der Waals surface area contributed by atoms with E-state index in [0.717, 1.165) is 25.3 Å². The number of hydrogen-bond donors (Lipinski definition) is 1. The highest BCUT2D eigenvalue weighted by Gasteiger charge is 2.29. The van der Waals surface area contributed by atoms with Gasteiger partial charge in [0.1, 0.15) is 0 Å². The van der Waals surface area contributed by atoms with Crippen molar-refractivity contribution in [3.05, 3.63) is 0 Å². The van der Waals surface area contributed by atoms with E-state index < -0.39 is 0 Å². The Morgan fingerprint density at radius 3 is 2.48 bits per heavy atom. The van der Waals surface area contributed by atoms with E-state index >= 15 is 0 Å². The number of carbonyl (C=O) groups is 2. The normalized spacial score (nSPS) is 30.4. The van der Waals surface area contributed by atoms with Crippen molar-refractivity contribution in [2.45, 2.75) is 51.5 Å². The molecule has 1 saturated heterocycles. The van der Waals surface area contributed by atoms with Gasteiger partial charge >= 0.3 is 0 Å². The van der Waals surface area contributed by atoms with Crippen LogP contribution in [-0.2, 0) is 9.59 Å². The van der Waals surface area contributed by atoms with Crippen LogP contribution in [-0.4, -0.2) is 54.3 Å². The largest absolute Gasteiger partial charge is 0.369 e. The molecule has 2 amide bonds. The first-order chi connectivity index (χ1) is 9.97. The smallest absolute Gasteiger partial charge is 0.236 e. The van der Waals surface area contributed by atoms with Gasteiger partial charge in [-0.1, -0.05) is 6.92 Å². The van der Waals surface area contributed by atoms with Gasteiger partial charge in [-0.3, -0.25) is 14.5 Å². The van der Waals surface area contributed by atoms with Crippen molar-refractivity contribution < 1.29 is 9.59 Å². The van der Waals surface area contributed by atoms with Gasteiger partial charge in [-0.25, -0.2) is 0 Å². The summed E-state index contributed by atoms with van der Waals surface area (Å²) in [6.07, 6.45) is 6.59. The van der Waals surface area contributed by atoms with Crippen LogP contribution < -0.4 is 5.73 Å². The molecule has 5 nitrogen and oxygen atoms in total. The molecule has 0 bridgehead atoms. The Labute approximate surface area is 127 Å². The topological polar surface area (TPSA) is 66.6 Å². The van der Waals surface area contributed by atoms with Gasteiger partial charge in [-0.15, -0.1) is 0 Å². The number of primary amides is 1. The van der Waals surface area contributed by atoms with Crippen molar-refractivity contribution >= 4 is 11.8 Å². The molecule has 1 saturated carbocycles. The van der Waals surface area contributed by atoms with Gasteiger partial charge in [-0.05, 0) is 51.5 Å². The van der Waals surface area contributed by atoms with Crippen LogP contribution >= 0.6 is 0 Å². The summed E-state index contributed by atoms with van der Waals surface area (Å²) in [5, 5.41) is 0. The highest BCUT2D eigenvalue weighted by atomic mass is 16.2. The molecule has 1 aliphatic heterocycles. The van der Waals surface area contributed by atoms with Crippen LogP contribution in [0, 0.1) is 11.8 Å². The van der Waals surface area contributed by atoms with E-state index in [4.69, 9.17) is 5.73 Å². The summed E-state index contributed by atoms with van der Waals surface area (Å²) >= 11 is 0. The fourth-order valence-electron chi connectivity index (χ4n) is 3.56. The first-order valence-corrected chi connectivity index (χ1v) is 8.24. The molecular weight excluding hydrogens is 266 g/mol. The number of piperidine rings is 1. The fourth-order valence-corrected chi connectivity index (χ4v) is 3.56. The summed E-state index contributed by atoms with van der Waals surface area (Å²) in [5.41, 5.74) is 5.37. The second kappa shape index (κ2) is 7.25. The first-order valence-electron chi connectivity index (χ1n) is 8.24. The number of hydrogen-bond acceptors (Lipinski definition) is 3. The Kier molecular flexibility index (Phi) is 5.62. The molecule has 0 aromatic rings. The monoisotopic (exact) mass is 295 g/mol. The van der Waals surface area contributed by atoms with Crippen LogP contribution in [0.1, 0.15) is 45.4 Å². The summed E-state index contributed by atoms with van der Waals surface area (Å²) in [4.78, 5) is 27.7. The van der Waals surface area contributed by atoms with Crippen LogP contribution in [0.15, 0.2) is 0 Å². The van der Waals surface area contributed by atoms with Gasteiger partial charge in [0.2, 0.25) is 11.8 Å². The van der Waals surface area contributed by atoms with E-state index in [-0.39, 0.29) is 17.7 Å². The molecule has 1 heterocycles. The minimum Gasteiger partial charge on any atom is -0.369 e. The number of rotatable bonds is 4. The number of nitrogens with two attached hydrogens (primary N) is 1. The lowest BCUT2D eigenvalue weighted by Crippen LogP contribution is -2.48. The summed E-state index contributed by atoms with van der Waals surface area (Å²) < 4.78 is 0. The quantitative estimate of drug-likeness (QED) is 0.848. The second-order valence-electron chi connectivity index (χ2n) is 6.91. The lowest BCUT2D eigenvalue weighted by Gasteiger charge is -2.36. The molecule has 5 heteroatoms. The average Bonchev–Trinajstić information content (AvgIpc) is 2.48. The highest BCUT2D eigenvalue weighted by molar-refractivity contribution is 5.81. The number of likely N-dealkylation sites (tertiary alicyclic amines) is 1. The molecular formula is C16H29N3O2. The van der Waals surface area contributed by atoms with Gasteiger partial charge in [0.05, 0.1) is 12.5 Å². The van der Waals surface area contributed by atoms with Crippen molar-refractivity contribution in [3.63, 3.8) is 0 Å². The predicted molar refractivity (Wildman–Crippen MR) is 82.5 cm³/mol. The van der Waals surface area contributed by atoms with Gasteiger partial charge in [-0.2, -0.15) is 0 Å². The summed E-state index contributed by atoms with van der Waals surface area (Å²) in [6.45, 7) is 4.03. The molecule has 0 spiro atoms. The number of nitrogens with zero attached hydrogens (tertiary/aromatic N) is 2. The molecule has 2 fully saturated rings. The summed E-state index contributed by atoms with van der Waals surface area (Å²) in [6, 6.07) is 0.530. The summed E-state index contributed by atoms with van der Waals surface area (Å²) in [5.74, 6) is 0.525. The maximum absolute atomic E-state index is 12.4. The Hall–Kier alpha value is -1.10. The Morgan fingerprint density at radius 1 is 1.19 bits per heavy atom. The molecule has 1 aliphatic carbocycles. The molecule has 120 valence electrons. The molecule has 0 radical (unpaired) electrons. The third-order valence-electron chi connectivity index (χ3n) is 5.17. The van der Waals surface area contributed by atoms with E-state index in [9.17, 15) is 9.59 Å². The molecule has 21 heavy (non-hydrogen) atoms. The molecule has 0 aromatic carbocycles.